The number of nitrogens with two attached hydrogens (primary N) is 1. The van der Waals surface area contributed by atoms with Gasteiger partial charge >= 0.3 is 0 Å². The summed E-state index contributed by atoms with van der Waals surface area (Å²) < 4.78 is 1.89. The van der Waals surface area contributed by atoms with E-state index in [1.807, 2.05) is 17.8 Å². The van der Waals surface area contributed by atoms with E-state index in [2.05, 4.69) is 41.2 Å². The summed E-state index contributed by atoms with van der Waals surface area (Å²) >= 11 is 0. The molecule has 4 nitrogen and oxygen atoms in total. The van der Waals surface area contributed by atoms with Crippen LogP contribution in [0.1, 0.15) is 19.0 Å². The monoisotopic (exact) mass is 244 g/mol. The van der Waals surface area contributed by atoms with Crippen molar-refractivity contribution in [3.8, 4) is 0 Å². The van der Waals surface area contributed by atoms with Crippen molar-refractivity contribution in [3.05, 3.63) is 36.1 Å². The van der Waals surface area contributed by atoms with Crippen LogP contribution >= 0.6 is 0 Å². The summed E-state index contributed by atoms with van der Waals surface area (Å²) in [7, 11) is 1.96. The van der Waals surface area contributed by atoms with Crippen molar-refractivity contribution < 1.29 is 0 Å². The number of nitrogen functional groups attached to an aromatic ring is 1. The Balaban J connectivity index is 1.82. The van der Waals surface area contributed by atoms with Crippen molar-refractivity contribution >= 4 is 5.82 Å². The van der Waals surface area contributed by atoms with Crippen LogP contribution in [-0.2, 0) is 13.6 Å². The predicted molar refractivity (Wildman–Crippen MR) is 72.8 cm³/mol. The fraction of sp³-hybridized carbons (Fsp3) is 0.500. The van der Waals surface area contributed by atoms with Gasteiger partial charge in [-0.15, -0.1) is 0 Å². The van der Waals surface area contributed by atoms with Crippen LogP contribution in [0.2, 0.25) is 0 Å². The molecule has 0 spiro atoms. The Kier molecular flexibility index (Phi) is 2.74. The molecule has 4 heteroatoms. The van der Waals surface area contributed by atoms with Crippen molar-refractivity contribution in [1.29, 1.82) is 0 Å². The molecule has 0 radical (unpaired) electrons. The largest absolute Gasteiger partial charge is 0.382 e. The van der Waals surface area contributed by atoms with Gasteiger partial charge in [-0.3, -0.25) is 9.58 Å². The van der Waals surface area contributed by atoms with Crippen molar-refractivity contribution in [2.24, 2.45) is 13.0 Å². The molecule has 1 aliphatic carbocycles. The molecule has 0 saturated carbocycles. The van der Waals surface area contributed by atoms with Gasteiger partial charge < -0.3 is 5.73 Å². The fourth-order valence-electron chi connectivity index (χ4n) is 3.17. The fourth-order valence-corrected chi connectivity index (χ4v) is 3.17. The van der Waals surface area contributed by atoms with E-state index in [-0.39, 0.29) is 0 Å². The van der Waals surface area contributed by atoms with Crippen molar-refractivity contribution in [2.45, 2.75) is 32.0 Å². The van der Waals surface area contributed by atoms with E-state index in [0.717, 1.165) is 6.54 Å². The molecular weight excluding hydrogens is 224 g/mol. The van der Waals surface area contributed by atoms with Crippen LogP contribution in [0, 0.1) is 5.92 Å². The van der Waals surface area contributed by atoms with Gasteiger partial charge in [0.25, 0.3) is 0 Å². The van der Waals surface area contributed by atoms with Gasteiger partial charge in [0.2, 0.25) is 0 Å². The maximum atomic E-state index is 5.74. The average Bonchev–Trinajstić information content (AvgIpc) is 2.81. The topological polar surface area (TPSA) is 47.1 Å². The first kappa shape index (κ1) is 11.5. The highest BCUT2D eigenvalue weighted by molar-refractivity contribution is 5.30. The van der Waals surface area contributed by atoms with Gasteiger partial charge in [0.1, 0.15) is 5.82 Å². The van der Waals surface area contributed by atoms with Crippen LogP contribution in [-0.4, -0.2) is 26.8 Å². The molecule has 18 heavy (non-hydrogen) atoms. The molecule has 1 aromatic heterocycles. The smallest absolute Gasteiger partial charge is 0.145 e. The molecule has 2 heterocycles. The number of likely N-dealkylation sites (tertiary alicyclic amines) is 1. The van der Waals surface area contributed by atoms with E-state index >= 15 is 0 Å². The first-order chi connectivity index (χ1) is 8.65. The van der Waals surface area contributed by atoms with Crippen LogP contribution < -0.4 is 5.73 Å². The van der Waals surface area contributed by atoms with Gasteiger partial charge in [0, 0.05) is 31.7 Å². The molecule has 0 unspecified atom stereocenters. The second kappa shape index (κ2) is 4.28. The number of nitrogens with zero attached hydrogens (tertiary/aromatic N) is 3. The minimum absolute atomic E-state index is 0.529. The standard InChI is InChI=1S/C14H20N4/c1-10-7-11-5-3-4-6-13(11)18(10)9-12-8-14(15)16-17(12)2/h3-6,8,10-11,13H,7,9H2,1-2H3,(H2,15,16)/t10-,11+,13-/m1/s1. The molecule has 96 valence electrons. The van der Waals surface area contributed by atoms with Gasteiger partial charge in [-0.1, -0.05) is 24.3 Å². The molecule has 1 aromatic rings. The van der Waals surface area contributed by atoms with Gasteiger partial charge in [0.15, 0.2) is 0 Å². The number of hydrogen-bond acceptors (Lipinski definition) is 3. The highest BCUT2D eigenvalue weighted by Crippen LogP contribution is 2.34. The van der Waals surface area contributed by atoms with Crippen molar-refractivity contribution in [3.63, 3.8) is 0 Å². The molecule has 0 aromatic carbocycles. The second-order valence-corrected chi connectivity index (χ2v) is 5.37. The Bertz CT molecular complexity index is 500. The van der Waals surface area contributed by atoms with Crippen LogP contribution in [0.4, 0.5) is 5.82 Å². The minimum atomic E-state index is 0.529. The predicted octanol–water partition coefficient (Wildman–Crippen LogP) is 1.71. The molecule has 2 N–H and O–H groups in total. The molecule has 2 aliphatic rings. The third kappa shape index (κ3) is 1.86. The third-order valence-corrected chi connectivity index (χ3v) is 4.12. The van der Waals surface area contributed by atoms with Gasteiger partial charge in [-0.2, -0.15) is 5.10 Å². The molecular formula is C14H20N4. The summed E-state index contributed by atoms with van der Waals surface area (Å²) in [6.07, 6.45) is 10.2. The number of hydrogen-bond donors (Lipinski definition) is 1. The highest BCUT2D eigenvalue weighted by atomic mass is 15.3. The summed E-state index contributed by atoms with van der Waals surface area (Å²) in [5.41, 5.74) is 6.93. The van der Waals surface area contributed by atoms with E-state index in [0.29, 0.717) is 23.8 Å². The Morgan fingerprint density at radius 2 is 2.17 bits per heavy atom. The maximum Gasteiger partial charge on any atom is 0.145 e. The lowest BCUT2D eigenvalue weighted by Crippen LogP contribution is -2.35. The Morgan fingerprint density at radius 3 is 2.89 bits per heavy atom. The molecule has 1 saturated heterocycles. The molecule has 0 amide bonds. The Labute approximate surface area is 108 Å². The third-order valence-electron chi connectivity index (χ3n) is 4.12. The van der Waals surface area contributed by atoms with E-state index in [4.69, 9.17) is 5.73 Å². The zero-order valence-corrected chi connectivity index (χ0v) is 11.0. The summed E-state index contributed by atoms with van der Waals surface area (Å²) in [6.45, 7) is 3.22. The summed E-state index contributed by atoms with van der Waals surface area (Å²) in [6, 6.07) is 3.10. The summed E-state index contributed by atoms with van der Waals surface area (Å²) in [4.78, 5) is 2.54. The zero-order valence-electron chi connectivity index (χ0n) is 11.0. The lowest BCUT2D eigenvalue weighted by molar-refractivity contribution is 0.209. The number of aryl methyl sites for hydroxylation is 1. The normalized spacial score (nSPS) is 30.9. The Morgan fingerprint density at radius 1 is 1.39 bits per heavy atom. The molecule has 1 aliphatic heterocycles. The number of anilines is 1. The van der Waals surface area contributed by atoms with Gasteiger partial charge in [-0.05, 0) is 19.3 Å². The summed E-state index contributed by atoms with van der Waals surface area (Å²) in [5, 5.41) is 4.22. The SMILES string of the molecule is C[C@@H]1C[C@@H]2C=CC=C[C@H]2N1Cc1cc(N)nn1C. The van der Waals surface area contributed by atoms with Gasteiger partial charge in [-0.25, -0.2) is 0 Å². The second-order valence-electron chi connectivity index (χ2n) is 5.37. The van der Waals surface area contributed by atoms with Crippen LogP contribution in [0.25, 0.3) is 0 Å². The van der Waals surface area contributed by atoms with E-state index in [9.17, 15) is 0 Å². The lowest BCUT2D eigenvalue weighted by Gasteiger charge is -2.28. The summed E-state index contributed by atoms with van der Waals surface area (Å²) in [5.74, 6) is 1.27. The van der Waals surface area contributed by atoms with E-state index in [1.165, 1.54) is 12.1 Å². The maximum absolute atomic E-state index is 5.74. The van der Waals surface area contributed by atoms with Crippen LogP contribution in [0.3, 0.4) is 0 Å². The number of fused-ring (bicyclic) bond motifs is 1. The van der Waals surface area contributed by atoms with Crippen molar-refractivity contribution in [2.75, 3.05) is 5.73 Å². The number of allylic oxidation sites excluding steroid dienone is 2. The lowest BCUT2D eigenvalue weighted by atomic mass is 9.95. The molecule has 0 bridgehead atoms. The first-order valence-corrected chi connectivity index (χ1v) is 6.54. The first-order valence-electron chi connectivity index (χ1n) is 6.54. The molecule has 3 atom stereocenters. The molecule has 3 rings (SSSR count). The Hall–Kier alpha value is -1.55. The van der Waals surface area contributed by atoms with Crippen LogP contribution in [0.5, 0.6) is 0 Å². The van der Waals surface area contributed by atoms with Crippen molar-refractivity contribution in [1.82, 2.24) is 14.7 Å². The van der Waals surface area contributed by atoms with E-state index in [1.54, 1.807) is 0 Å². The average molecular weight is 244 g/mol. The minimum Gasteiger partial charge on any atom is -0.382 e. The molecule has 1 fully saturated rings. The quantitative estimate of drug-likeness (QED) is 0.861. The van der Waals surface area contributed by atoms with Crippen LogP contribution in [0.15, 0.2) is 30.4 Å². The number of rotatable bonds is 2. The highest BCUT2D eigenvalue weighted by Gasteiger charge is 2.36. The number of aromatic nitrogens is 2. The van der Waals surface area contributed by atoms with Gasteiger partial charge in [0.05, 0.1) is 5.69 Å². The van der Waals surface area contributed by atoms with E-state index < -0.39 is 0 Å². The zero-order chi connectivity index (χ0) is 12.7.